The molecule has 180 valence electrons. The van der Waals surface area contributed by atoms with E-state index in [1.54, 1.807) is 17.5 Å². The van der Waals surface area contributed by atoms with Crippen LogP contribution >= 0.6 is 11.3 Å². The van der Waals surface area contributed by atoms with E-state index in [4.69, 9.17) is 13.9 Å². The number of ether oxygens (including phenoxy) is 3. The van der Waals surface area contributed by atoms with Gasteiger partial charge in [-0.2, -0.15) is 13.2 Å². The van der Waals surface area contributed by atoms with Gasteiger partial charge in [-0.25, -0.2) is 4.79 Å². The van der Waals surface area contributed by atoms with Crippen molar-refractivity contribution in [1.82, 2.24) is 0 Å². The number of esters is 2. The lowest BCUT2D eigenvalue weighted by molar-refractivity contribution is -0.154. The Labute approximate surface area is 199 Å². The van der Waals surface area contributed by atoms with E-state index in [-0.39, 0.29) is 28.9 Å². The van der Waals surface area contributed by atoms with E-state index in [0.29, 0.717) is 0 Å². The molecule has 35 heavy (non-hydrogen) atoms. The molecule has 0 aliphatic carbocycles. The van der Waals surface area contributed by atoms with Crippen LogP contribution in [0.25, 0.3) is 11.0 Å². The highest BCUT2D eigenvalue weighted by Gasteiger charge is 2.40. The number of hydrogen-bond donors (Lipinski definition) is 0. The maximum absolute atomic E-state index is 13.7. The predicted octanol–water partition coefficient (Wildman–Crippen LogP) is 5.60. The van der Waals surface area contributed by atoms with Crippen molar-refractivity contribution in [3.63, 3.8) is 0 Å². The van der Waals surface area contributed by atoms with Crippen molar-refractivity contribution in [3.05, 3.63) is 86.4 Å². The van der Waals surface area contributed by atoms with Crippen LogP contribution < -0.4 is 14.9 Å². The molecule has 0 spiro atoms. The number of carbonyl (C=O) groups excluding carboxylic acids is 2. The van der Waals surface area contributed by atoms with Gasteiger partial charge in [0.1, 0.15) is 17.1 Å². The topological polar surface area (TPSA) is 92.0 Å². The van der Waals surface area contributed by atoms with Gasteiger partial charge in [0.15, 0.2) is 0 Å². The molecule has 7 nitrogen and oxygen atoms in total. The van der Waals surface area contributed by atoms with E-state index < -0.39 is 40.6 Å². The van der Waals surface area contributed by atoms with Crippen molar-refractivity contribution in [2.75, 3.05) is 7.11 Å². The number of methoxy groups -OCH3 is 1. The molecule has 0 saturated carbocycles. The smallest absolute Gasteiger partial charge is 0.453 e. The van der Waals surface area contributed by atoms with E-state index in [9.17, 15) is 27.6 Å². The molecule has 2 aromatic heterocycles. The summed E-state index contributed by atoms with van der Waals surface area (Å²) in [5.41, 5.74) is -1.37. The van der Waals surface area contributed by atoms with Crippen molar-refractivity contribution in [2.24, 2.45) is 0 Å². The number of benzene rings is 2. The molecule has 2 aromatic carbocycles. The summed E-state index contributed by atoms with van der Waals surface area (Å²) in [6.45, 7) is 0. The first-order valence-corrected chi connectivity index (χ1v) is 10.8. The van der Waals surface area contributed by atoms with E-state index >= 15 is 0 Å². The molecule has 0 aliphatic rings. The Morgan fingerprint density at radius 3 is 2.37 bits per heavy atom. The average Bonchev–Trinajstić information content (AvgIpc) is 3.32. The zero-order valence-electron chi connectivity index (χ0n) is 17.9. The Hall–Kier alpha value is -4.12. The Morgan fingerprint density at radius 2 is 1.74 bits per heavy atom. The molecule has 0 bridgehead atoms. The van der Waals surface area contributed by atoms with E-state index in [1.165, 1.54) is 54.8 Å². The van der Waals surface area contributed by atoms with E-state index in [2.05, 4.69) is 4.74 Å². The largest absolute Gasteiger partial charge is 0.465 e. The van der Waals surface area contributed by atoms with Crippen LogP contribution in [-0.4, -0.2) is 19.0 Å². The van der Waals surface area contributed by atoms with Crippen molar-refractivity contribution < 1.29 is 41.4 Å². The highest BCUT2D eigenvalue weighted by atomic mass is 32.1. The van der Waals surface area contributed by atoms with Gasteiger partial charge < -0.3 is 18.6 Å². The average molecular weight is 504 g/mol. The third-order valence-corrected chi connectivity index (χ3v) is 5.58. The molecule has 0 saturated heterocycles. The predicted molar refractivity (Wildman–Crippen MR) is 119 cm³/mol. The number of hydrogen-bond acceptors (Lipinski definition) is 8. The van der Waals surface area contributed by atoms with Crippen LogP contribution in [-0.2, 0) is 22.1 Å². The first-order chi connectivity index (χ1) is 16.7. The number of thiophene rings is 1. The molecule has 0 N–H and O–H groups in total. The summed E-state index contributed by atoms with van der Waals surface area (Å²) in [4.78, 5) is 37.3. The quantitative estimate of drug-likeness (QED) is 0.249. The summed E-state index contributed by atoms with van der Waals surface area (Å²) in [6, 6.07) is 12.0. The SMILES string of the molecule is COC(=O)c1ccc(Oc2c(C(F)(F)F)oc3cc(OC(=O)Cc4cccs4)ccc3c2=O)cc1. The summed E-state index contributed by atoms with van der Waals surface area (Å²) in [7, 11) is 1.18. The monoisotopic (exact) mass is 504 g/mol. The molecule has 2 heterocycles. The summed E-state index contributed by atoms with van der Waals surface area (Å²) in [6.07, 6.45) is -5.09. The summed E-state index contributed by atoms with van der Waals surface area (Å²) >= 11 is 1.35. The van der Waals surface area contributed by atoms with Crippen LogP contribution in [0.2, 0.25) is 0 Å². The number of carbonyl (C=O) groups is 2. The highest BCUT2D eigenvalue weighted by molar-refractivity contribution is 7.10. The van der Waals surface area contributed by atoms with Crippen LogP contribution in [0.1, 0.15) is 21.0 Å². The Kier molecular flexibility index (Phi) is 6.61. The molecular weight excluding hydrogens is 489 g/mol. The van der Waals surface area contributed by atoms with Gasteiger partial charge in [0, 0.05) is 10.9 Å². The second-order valence-electron chi connectivity index (χ2n) is 7.09. The van der Waals surface area contributed by atoms with Crippen LogP contribution in [0.3, 0.4) is 0 Å². The molecule has 11 heteroatoms. The Bertz CT molecular complexity index is 1440. The van der Waals surface area contributed by atoms with Gasteiger partial charge in [-0.05, 0) is 47.8 Å². The minimum Gasteiger partial charge on any atom is -0.465 e. The molecule has 0 unspecified atom stereocenters. The first kappa shape index (κ1) is 24.0. The Balaban J connectivity index is 1.68. The zero-order chi connectivity index (χ0) is 25.2. The molecule has 0 fully saturated rings. The minimum absolute atomic E-state index is 0.0188. The lowest BCUT2D eigenvalue weighted by Crippen LogP contribution is -2.16. The zero-order valence-corrected chi connectivity index (χ0v) is 18.7. The fourth-order valence-corrected chi connectivity index (χ4v) is 3.81. The summed E-state index contributed by atoms with van der Waals surface area (Å²) in [5, 5.41) is 1.58. The third-order valence-electron chi connectivity index (χ3n) is 4.71. The van der Waals surface area contributed by atoms with Crippen LogP contribution in [0.4, 0.5) is 13.2 Å². The second kappa shape index (κ2) is 9.63. The maximum Gasteiger partial charge on any atom is 0.453 e. The Morgan fingerprint density at radius 1 is 1.03 bits per heavy atom. The fourth-order valence-electron chi connectivity index (χ4n) is 3.12. The number of alkyl halides is 3. The second-order valence-corrected chi connectivity index (χ2v) is 8.13. The van der Waals surface area contributed by atoms with Crippen LogP contribution in [0.5, 0.6) is 17.2 Å². The number of rotatable bonds is 6. The van der Waals surface area contributed by atoms with E-state index in [0.717, 1.165) is 10.9 Å². The van der Waals surface area contributed by atoms with Gasteiger partial charge in [-0.1, -0.05) is 6.07 Å². The standard InChI is InChI=1S/C24H15F3O7S/c1-31-23(30)13-4-6-14(7-5-13)33-21-20(29)17-9-8-15(11-18(17)34-22(21)24(25,26)27)32-19(28)12-16-3-2-10-35-16/h2-11H,12H2,1H3. The van der Waals surface area contributed by atoms with Crippen LogP contribution in [0.15, 0.2) is 69.2 Å². The van der Waals surface area contributed by atoms with Crippen molar-refractivity contribution in [2.45, 2.75) is 12.6 Å². The molecule has 0 amide bonds. The van der Waals surface area contributed by atoms with Crippen molar-refractivity contribution in [1.29, 1.82) is 0 Å². The van der Waals surface area contributed by atoms with Crippen molar-refractivity contribution >= 4 is 34.2 Å². The molecule has 4 rings (SSSR count). The number of fused-ring (bicyclic) bond motifs is 1. The molecule has 0 aliphatic heterocycles. The summed E-state index contributed by atoms with van der Waals surface area (Å²) < 4.78 is 61.2. The maximum atomic E-state index is 13.7. The van der Waals surface area contributed by atoms with Gasteiger partial charge in [0.2, 0.25) is 11.2 Å². The van der Waals surface area contributed by atoms with Gasteiger partial charge >= 0.3 is 18.1 Å². The van der Waals surface area contributed by atoms with Crippen LogP contribution in [0, 0.1) is 0 Å². The van der Waals surface area contributed by atoms with Gasteiger partial charge in [-0.15, -0.1) is 11.3 Å². The lowest BCUT2D eigenvalue weighted by atomic mass is 10.2. The first-order valence-electron chi connectivity index (χ1n) is 9.93. The van der Waals surface area contributed by atoms with Gasteiger partial charge in [-0.3, -0.25) is 9.59 Å². The minimum atomic E-state index is -5.07. The van der Waals surface area contributed by atoms with Gasteiger partial charge in [0.05, 0.1) is 24.5 Å². The molecular formula is C24H15F3O7S. The normalized spacial score (nSPS) is 11.3. The third kappa shape index (κ3) is 5.35. The molecule has 0 radical (unpaired) electrons. The van der Waals surface area contributed by atoms with Crippen molar-refractivity contribution in [3.8, 4) is 17.2 Å². The van der Waals surface area contributed by atoms with E-state index in [1.807, 2.05) is 0 Å². The molecule has 4 aromatic rings. The highest BCUT2D eigenvalue weighted by Crippen LogP contribution is 2.38. The van der Waals surface area contributed by atoms with Gasteiger partial charge in [0.25, 0.3) is 5.76 Å². The molecule has 0 atom stereocenters. The lowest BCUT2D eigenvalue weighted by Gasteiger charge is -2.14. The fraction of sp³-hybridized carbons (Fsp3) is 0.125. The number of halogens is 3. The summed E-state index contributed by atoms with van der Waals surface area (Å²) in [5.74, 6) is -4.21.